The van der Waals surface area contributed by atoms with Crippen LogP contribution in [0, 0.1) is 5.92 Å². The molecule has 1 aromatic carbocycles. The van der Waals surface area contributed by atoms with Gasteiger partial charge in [0.2, 0.25) is 0 Å². The van der Waals surface area contributed by atoms with Crippen LogP contribution in [0.2, 0.25) is 0 Å². The molecule has 34 heavy (non-hydrogen) atoms. The van der Waals surface area contributed by atoms with Gasteiger partial charge in [-0.1, -0.05) is 66.4 Å². The van der Waals surface area contributed by atoms with Crippen LogP contribution in [0.15, 0.2) is 47.6 Å². The highest BCUT2D eigenvalue weighted by molar-refractivity contribution is 7.99. The van der Waals surface area contributed by atoms with Crippen molar-refractivity contribution >= 4 is 28.7 Å². The maximum absolute atomic E-state index is 10.8. The summed E-state index contributed by atoms with van der Waals surface area (Å²) in [6, 6.07) is 10.3. The summed E-state index contributed by atoms with van der Waals surface area (Å²) in [6.45, 7) is 2.51. The number of aromatic nitrogens is 5. The average molecular weight is 482 g/mol. The Morgan fingerprint density at radius 1 is 1.18 bits per heavy atom. The molecule has 6 unspecified atom stereocenters. The molecule has 0 saturated heterocycles. The zero-order valence-corrected chi connectivity index (χ0v) is 20.0. The molecule has 0 radical (unpaired) electrons. The van der Waals surface area contributed by atoms with Crippen LogP contribution in [0.5, 0.6) is 0 Å². The molecule has 0 amide bonds. The van der Waals surface area contributed by atoms with Gasteiger partial charge in [0.05, 0.1) is 12.1 Å². The maximum atomic E-state index is 10.8. The van der Waals surface area contributed by atoms with Crippen molar-refractivity contribution in [2.45, 2.75) is 61.6 Å². The number of anilines is 1. The summed E-state index contributed by atoms with van der Waals surface area (Å²) in [6.07, 6.45) is 4.39. The standard InChI is InChI=1S/C24H31N7O2S/c1-2-11-34-24-27-22(26-17-13-16(17)14-7-4-3-5-8-14)19-23(28-24)31(30-29-19)18-12-15(9-6-10-25)20(32)21(18)33/h3-9,15-18,20-21,32-33H,2,10-13,25H2,1H3,(H,26,27,28). The van der Waals surface area contributed by atoms with Gasteiger partial charge in [-0.25, -0.2) is 14.6 Å². The second-order valence-corrected chi connectivity index (χ2v) is 10.1. The molecule has 5 rings (SSSR count). The van der Waals surface area contributed by atoms with Crippen LogP contribution in [-0.2, 0) is 0 Å². The first kappa shape index (κ1) is 23.2. The SMILES string of the molecule is CCCSc1nc(NC2CC2c2ccccc2)c2nnn(C3CC(C=CCN)C(O)C3O)c2n1. The van der Waals surface area contributed by atoms with Crippen LogP contribution in [0.25, 0.3) is 11.2 Å². The molecule has 2 heterocycles. The molecule has 2 aliphatic rings. The van der Waals surface area contributed by atoms with E-state index in [1.165, 1.54) is 5.56 Å². The third-order valence-electron chi connectivity index (χ3n) is 6.61. The molecule has 2 fully saturated rings. The van der Waals surface area contributed by atoms with E-state index in [-0.39, 0.29) is 12.0 Å². The van der Waals surface area contributed by atoms with E-state index < -0.39 is 18.2 Å². The summed E-state index contributed by atoms with van der Waals surface area (Å²) >= 11 is 1.59. The van der Waals surface area contributed by atoms with Crippen LogP contribution >= 0.6 is 11.8 Å². The number of rotatable bonds is 9. The quantitative estimate of drug-likeness (QED) is 0.206. The predicted octanol–water partition coefficient (Wildman–Crippen LogP) is 2.49. The minimum absolute atomic E-state index is 0.200. The van der Waals surface area contributed by atoms with Gasteiger partial charge in [0.15, 0.2) is 22.1 Å². The van der Waals surface area contributed by atoms with E-state index in [0.717, 1.165) is 18.6 Å². The van der Waals surface area contributed by atoms with Crippen LogP contribution in [0.4, 0.5) is 5.82 Å². The van der Waals surface area contributed by atoms with Crippen molar-refractivity contribution in [2.24, 2.45) is 11.7 Å². The largest absolute Gasteiger partial charge is 0.390 e. The van der Waals surface area contributed by atoms with Crippen LogP contribution in [0.1, 0.15) is 43.7 Å². The molecule has 3 aromatic rings. The second kappa shape index (κ2) is 9.99. The van der Waals surface area contributed by atoms with Gasteiger partial charge in [0.1, 0.15) is 6.10 Å². The average Bonchev–Trinajstić information content (AvgIpc) is 3.41. The van der Waals surface area contributed by atoms with E-state index in [2.05, 4.69) is 46.8 Å². The van der Waals surface area contributed by atoms with E-state index in [1.807, 2.05) is 18.2 Å². The summed E-state index contributed by atoms with van der Waals surface area (Å²) in [5.41, 5.74) is 8.05. The molecule has 9 nitrogen and oxygen atoms in total. The Bertz CT molecular complexity index is 1150. The first-order valence-corrected chi connectivity index (χ1v) is 12.9. The zero-order chi connectivity index (χ0) is 23.7. The first-order chi connectivity index (χ1) is 16.6. The van der Waals surface area contributed by atoms with Crippen molar-refractivity contribution in [2.75, 3.05) is 17.6 Å². The number of aliphatic hydroxyl groups is 2. The number of hydrogen-bond donors (Lipinski definition) is 4. The summed E-state index contributed by atoms with van der Waals surface area (Å²) < 4.78 is 1.66. The number of aliphatic hydroxyl groups excluding tert-OH is 2. The van der Waals surface area contributed by atoms with E-state index in [4.69, 9.17) is 15.7 Å². The minimum Gasteiger partial charge on any atom is -0.390 e. The number of nitrogens with two attached hydrogens (primary N) is 1. The monoisotopic (exact) mass is 481 g/mol. The Kier molecular flexibility index (Phi) is 6.82. The Morgan fingerprint density at radius 3 is 2.76 bits per heavy atom. The third-order valence-corrected chi connectivity index (χ3v) is 7.66. The number of nitrogens with one attached hydrogen (secondary N) is 1. The van der Waals surface area contributed by atoms with Gasteiger partial charge in [-0.3, -0.25) is 0 Å². The fraction of sp³-hybridized carbons (Fsp3) is 0.500. The van der Waals surface area contributed by atoms with E-state index >= 15 is 0 Å². The van der Waals surface area contributed by atoms with Gasteiger partial charge in [-0.05, 0) is 24.8 Å². The van der Waals surface area contributed by atoms with Gasteiger partial charge in [-0.2, -0.15) is 0 Å². The van der Waals surface area contributed by atoms with E-state index in [9.17, 15) is 10.2 Å². The Labute approximate surface area is 202 Å². The number of benzene rings is 1. The molecule has 0 bridgehead atoms. The second-order valence-electron chi connectivity index (χ2n) is 9.03. The summed E-state index contributed by atoms with van der Waals surface area (Å²) in [4.78, 5) is 9.51. The van der Waals surface area contributed by atoms with Gasteiger partial charge in [-0.15, -0.1) is 5.10 Å². The molecule has 5 N–H and O–H groups in total. The Hall–Kier alpha value is -2.53. The molecule has 0 spiro atoms. The lowest BCUT2D eigenvalue weighted by molar-refractivity contribution is 0.0116. The van der Waals surface area contributed by atoms with Crippen molar-refractivity contribution in [3.05, 3.63) is 48.0 Å². The summed E-state index contributed by atoms with van der Waals surface area (Å²) in [5.74, 6) is 1.81. The molecular weight excluding hydrogens is 450 g/mol. The molecule has 0 aliphatic heterocycles. The van der Waals surface area contributed by atoms with E-state index in [0.29, 0.717) is 41.0 Å². The highest BCUT2D eigenvalue weighted by Gasteiger charge is 2.43. The van der Waals surface area contributed by atoms with Crippen LogP contribution < -0.4 is 11.1 Å². The maximum Gasteiger partial charge on any atom is 0.191 e. The number of thioether (sulfide) groups is 1. The van der Waals surface area contributed by atoms with Crippen LogP contribution in [0.3, 0.4) is 0 Å². The van der Waals surface area contributed by atoms with Gasteiger partial charge in [0, 0.05) is 30.2 Å². The number of hydrogen-bond acceptors (Lipinski definition) is 9. The summed E-state index contributed by atoms with van der Waals surface area (Å²) in [7, 11) is 0. The highest BCUT2D eigenvalue weighted by Crippen LogP contribution is 2.43. The lowest BCUT2D eigenvalue weighted by Gasteiger charge is -2.17. The molecule has 6 atom stereocenters. The molecule has 2 saturated carbocycles. The zero-order valence-electron chi connectivity index (χ0n) is 19.2. The van der Waals surface area contributed by atoms with Gasteiger partial charge < -0.3 is 21.3 Å². The fourth-order valence-corrected chi connectivity index (χ4v) is 5.41. The topological polar surface area (TPSA) is 135 Å². The van der Waals surface area contributed by atoms with Crippen molar-refractivity contribution in [3.63, 3.8) is 0 Å². The van der Waals surface area contributed by atoms with E-state index in [1.54, 1.807) is 16.4 Å². The number of fused-ring (bicyclic) bond motifs is 1. The van der Waals surface area contributed by atoms with Gasteiger partial charge >= 0.3 is 0 Å². The van der Waals surface area contributed by atoms with Crippen molar-refractivity contribution in [1.29, 1.82) is 0 Å². The van der Waals surface area contributed by atoms with Crippen molar-refractivity contribution < 1.29 is 10.2 Å². The normalized spacial score (nSPS) is 28.7. The van der Waals surface area contributed by atoms with Crippen molar-refractivity contribution in [1.82, 2.24) is 25.0 Å². The Morgan fingerprint density at radius 2 is 2.00 bits per heavy atom. The third kappa shape index (κ3) is 4.55. The first-order valence-electron chi connectivity index (χ1n) is 11.9. The predicted molar refractivity (Wildman–Crippen MR) is 133 cm³/mol. The molecule has 180 valence electrons. The minimum atomic E-state index is -0.971. The van der Waals surface area contributed by atoms with Crippen LogP contribution in [-0.4, -0.2) is 65.7 Å². The summed E-state index contributed by atoms with van der Waals surface area (Å²) in [5, 5.41) is 34.3. The van der Waals surface area contributed by atoms with Crippen molar-refractivity contribution in [3.8, 4) is 0 Å². The molecule has 2 aromatic heterocycles. The van der Waals surface area contributed by atoms with Gasteiger partial charge in [0.25, 0.3) is 0 Å². The molecule has 10 heteroatoms. The Balaban J connectivity index is 1.45. The molecular formula is C24H31N7O2S. The number of nitrogens with zero attached hydrogens (tertiary/aromatic N) is 5. The fourth-order valence-electron chi connectivity index (χ4n) is 4.72. The smallest absolute Gasteiger partial charge is 0.191 e. The lowest BCUT2D eigenvalue weighted by Crippen LogP contribution is -2.29. The highest BCUT2D eigenvalue weighted by atomic mass is 32.2. The molecule has 2 aliphatic carbocycles. The lowest BCUT2D eigenvalue weighted by atomic mass is 10.1.